The number of thiophene rings is 1. The molecule has 4 aromatic rings. The van der Waals surface area contributed by atoms with E-state index in [2.05, 4.69) is 10.2 Å². The summed E-state index contributed by atoms with van der Waals surface area (Å²) in [6, 6.07) is 6.79. The number of phenolic OH excluding ortho intramolecular Hbond substituents is 1. The Morgan fingerprint density at radius 2 is 2.04 bits per heavy atom. The van der Waals surface area contributed by atoms with Crippen molar-refractivity contribution in [3.05, 3.63) is 56.8 Å². The predicted octanol–water partition coefficient (Wildman–Crippen LogP) is 4.52. The number of thioether (sulfide) groups is 1. The number of fused-ring (bicyclic) bond motifs is 1. The van der Waals surface area contributed by atoms with Gasteiger partial charge >= 0.3 is 5.63 Å². The number of rotatable bonds is 4. The third kappa shape index (κ3) is 3.02. The van der Waals surface area contributed by atoms with Crippen LogP contribution in [0.25, 0.3) is 21.7 Å². The van der Waals surface area contributed by atoms with Gasteiger partial charge in [0, 0.05) is 22.8 Å². The molecule has 0 atom stereocenters. The van der Waals surface area contributed by atoms with Gasteiger partial charge in [0.2, 0.25) is 0 Å². The second-order valence-corrected chi connectivity index (χ2v) is 7.61. The maximum Gasteiger partial charge on any atom is 0.336 e. The smallest absolute Gasteiger partial charge is 0.336 e. The van der Waals surface area contributed by atoms with Crippen LogP contribution in [0.15, 0.2) is 48.5 Å². The molecule has 0 spiro atoms. The molecule has 1 N–H and O–H groups in total. The van der Waals surface area contributed by atoms with E-state index in [-0.39, 0.29) is 5.75 Å². The van der Waals surface area contributed by atoms with Crippen LogP contribution in [0.4, 0.5) is 0 Å². The summed E-state index contributed by atoms with van der Waals surface area (Å²) in [5, 5.41) is 21.2. The molecule has 6 nitrogen and oxygen atoms in total. The van der Waals surface area contributed by atoms with Crippen LogP contribution in [0.2, 0.25) is 0 Å². The minimum Gasteiger partial charge on any atom is -0.508 e. The largest absolute Gasteiger partial charge is 0.508 e. The minimum atomic E-state index is -0.456. The highest BCUT2D eigenvalue weighted by atomic mass is 32.2. The van der Waals surface area contributed by atoms with Gasteiger partial charge in [0.1, 0.15) is 11.3 Å². The van der Waals surface area contributed by atoms with E-state index in [4.69, 9.17) is 8.83 Å². The van der Waals surface area contributed by atoms with E-state index >= 15 is 0 Å². The van der Waals surface area contributed by atoms with E-state index in [9.17, 15) is 9.90 Å². The molecule has 0 radical (unpaired) electrons. The Hall–Kier alpha value is -2.58. The van der Waals surface area contributed by atoms with Gasteiger partial charge in [0.05, 0.1) is 4.88 Å². The maximum atomic E-state index is 11.9. The lowest BCUT2D eigenvalue weighted by Gasteiger charge is -2.07. The third-order valence-corrected chi connectivity index (χ3v) is 5.90. The van der Waals surface area contributed by atoms with Crippen LogP contribution in [0, 0.1) is 13.8 Å². The van der Waals surface area contributed by atoms with Crippen molar-refractivity contribution in [3.8, 4) is 16.5 Å². The fourth-order valence-corrected chi connectivity index (χ4v) is 4.23. The lowest BCUT2D eigenvalue weighted by Crippen LogP contribution is -2.01. The first-order chi connectivity index (χ1) is 12.5. The normalized spacial score (nSPS) is 11.3. The summed E-state index contributed by atoms with van der Waals surface area (Å²) in [4.78, 5) is 12.8. The molecule has 3 aromatic heterocycles. The highest BCUT2D eigenvalue weighted by molar-refractivity contribution is 7.98. The zero-order chi connectivity index (χ0) is 18.3. The molecule has 3 heterocycles. The summed E-state index contributed by atoms with van der Waals surface area (Å²) in [7, 11) is 0. The van der Waals surface area contributed by atoms with Crippen molar-refractivity contribution in [3.63, 3.8) is 0 Å². The Kier molecular flexibility index (Phi) is 4.29. The molecule has 0 fully saturated rings. The third-order valence-electron chi connectivity index (χ3n) is 4.03. The fourth-order valence-electron chi connectivity index (χ4n) is 2.63. The van der Waals surface area contributed by atoms with E-state index in [1.165, 1.54) is 17.8 Å². The summed E-state index contributed by atoms with van der Waals surface area (Å²) >= 11 is 2.91. The van der Waals surface area contributed by atoms with Gasteiger partial charge in [-0.25, -0.2) is 4.79 Å². The van der Waals surface area contributed by atoms with Crippen molar-refractivity contribution < 1.29 is 13.9 Å². The average molecular weight is 386 g/mol. The molecule has 0 aliphatic carbocycles. The van der Waals surface area contributed by atoms with Gasteiger partial charge in [-0.1, -0.05) is 11.8 Å². The van der Waals surface area contributed by atoms with E-state index in [1.807, 2.05) is 18.4 Å². The fraction of sp³-hybridized carbons (Fsp3) is 0.167. The van der Waals surface area contributed by atoms with E-state index in [0.29, 0.717) is 28.0 Å². The van der Waals surface area contributed by atoms with Gasteiger partial charge in [0.25, 0.3) is 11.1 Å². The molecule has 132 valence electrons. The number of aromatic hydroxyl groups is 1. The lowest BCUT2D eigenvalue weighted by molar-refractivity contribution is 0.466. The summed E-state index contributed by atoms with van der Waals surface area (Å²) < 4.78 is 11.0. The molecule has 1 aromatic carbocycles. The average Bonchev–Trinajstić information content (AvgIpc) is 3.25. The molecule has 8 heteroatoms. The molecule has 0 aliphatic heterocycles. The molecule has 0 bridgehead atoms. The Labute approximate surface area is 156 Å². The molecule has 0 amide bonds. The molecule has 0 saturated heterocycles. The highest BCUT2D eigenvalue weighted by Gasteiger charge is 2.15. The molecular formula is C18H14N2O4S2. The van der Waals surface area contributed by atoms with Crippen LogP contribution in [-0.2, 0) is 5.75 Å². The van der Waals surface area contributed by atoms with Crippen LogP contribution in [-0.4, -0.2) is 15.3 Å². The number of hydrogen-bond donors (Lipinski definition) is 1. The van der Waals surface area contributed by atoms with Crippen LogP contribution >= 0.6 is 23.1 Å². The topological polar surface area (TPSA) is 89.4 Å². The van der Waals surface area contributed by atoms with E-state index < -0.39 is 5.63 Å². The van der Waals surface area contributed by atoms with Gasteiger partial charge < -0.3 is 13.9 Å². The van der Waals surface area contributed by atoms with Crippen molar-refractivity contribution in [1.82, 2.24) is 10.2 Å². The zero-order valence-corrected chi connectivity index (χ0v) is 15.6. The van der Waals surface area contributed by atoms with Crippen molar-refractivity contribution in [1.29, 1.82) is 0 Å². The Bertz CT molecular complexity index is 1160. The number of hydrogen-bond acceptors (Lipinski definition) is 8. The van der Waals surface area contributed by atoms with Gasteiger partial charge in [-0.15, -0.1) is 21.5 Å². The Morgan fingerprint density at radius 3 is 2.81 bits per heavy atom. The Balaban J connectivity index is 1.63. The van der Waals surface area contributed by atoms with Gasteiger partial charge in [-0.3, -0.25) is 0 Å². The number of aromatic nitrogens is 2. The zero-order valence-electron chi connectivity index (χ0n) is 14.0. The first-order valence-electron chi connectivity index (χ1n) is 7.79. The number of aryl methyl sites for hydroxylation is 2. The molecule has 4 rings (SSSR count). The molecule has 0 saturated carbocycles. The standard InChI is InChI=1S/C18H14N2O4S2/c1-9-5-6-25-16(9)17-19-20-18(24-17)26-8-11-7-14(22)23-15-10(2)13(21)4-3-12(11)15/h3-7,21H,8H2,1-2H3. The number of phenols is 1. The molecule has 26 heavy (non-hydrogen) atoms. The summed E-state index contributed by atoms with van der Waals surface area (Å²) in [5.74, 6) is 1.06. The van der Waals surface area contributed by atoms with Crippen LogP contribution < -0.4 is 5.63 Å². The van der Waals surface area contributed by atoms with Crippen LogP contribution in [0.1, 0.15) is 16.7 Å². The lowest BCUT2D eigenvalue weighted by atomic mass is 10.1. The van der Waals surface area contributed by atoms with Gasteiger partial charge in [-0.05, 0) is 48.6 Å². The number of nitrogens with zero attached hydrogens (tertiary/aromatic N) is 2. The first kappa shape index (κ1) is 16.9. The monoisotopic (exact) mass is 386 g/mol. The SMILES string of the molecule is Cc1ccsc1-c1nnc(SCc2cc(=O)oc3c(C)c(O)ccc23)o1. The van der Waals surface area contributed by atoms with Crippen molar-refractivity contribution in [2.24, 2.45) is 0 Å². The van der Waals surface area contributed by atoms with E-state index in [0.717, 1.165) is 21.4 Å². The predicted molar refractivity (Wildman–Crippen MR) is 101 cm³/mol. The molecule has 0 aliphatic rings. The second kappa shape index (κ2) is 6.62. The Morgan fingerprint density at radius 1 is 1.19 bits per heavy atom. The quantitative estimate of drug-likeness (QED) is 0.407. The summed E-state index contributed by atoms with van der Waals surface area (Å²) in [6.45, 7) is 3.71. The van der Waals surface area contributed by atoms with Crippen LogP contribution in [0.3, 0.4) is 0 Å². The van der Waals surface area contributed by atoms with Gasteiger partial charge in [-0.2, -0.15) is 0 Å². The van der Waals surface area contributed by atoms with E-state index in [1.54, 1.807) is 30.4 Å². The van der Waals surface area contributed by atoms with Crippen molar-refractivity contribution in [2.45, 2.75) is 24.8 Å². The van der Waals surface area contributed by atoms with Gasteiger partial charge in [0.15, 0.2) is 0 Å². The molecule has 0 unspecified atom stereocenters. The first-order valence-corrected chi connectivity index (χ1v) is 9.65. The van der Waals surface area contributed by atoms with Crippen molar-refractivity contribution >= 4 is 34.1 Å². The number of benzene rings is 1. The minimum absolute atomic E-state index is 0.0957. The second-order valence-electron chi connectivity index (χ2n) is 5.77. The highest BCUT2D eigenvalue weighted by Crippen LogP contribution is 2.33. The van der Waals surface area contributed by atoms with Crippen LogP contribution in [0.5, 0.6) is 5.75 Å². The molecular weight excluding hydrogens is 372 g/mol. The van der Waals surface area contributed by atoms with Crippen molar-refractivity contribution in [2.75, 3.05) is 0 Å². The maximum absolute atomic E-state index is 11.9. The summed E-state index contributed by atoms with van der Waals surface area (Å²) in [6.07, 6.45) is 0. The summed E-state index contributed by atoms with van der Waals surface area (Å²) in [5.41, 5.74) is 2.36.